The summed E-state index contributed by atoms with van der Waals surface area (Å²) in [4.78, 5) is 0. The van der Waals surface area contributed by atoms with Gasteiger partial charge >= 0.3 is 0 Å². The van der Waals surface area contributed by atoms with Crippen LogP contribution in [0.4, 0.5) is 0 Å². The van der Waals surface area contributed by atoms with Gasteiger partial charge in [0.2, 0.25) is 0 Å². The van der Waals surface area contributed by atoms with E-state index in [0.29, 0.717) is 13.1 Å². The van der Waals surface area contributed by atoms with Gasteiger partial charge in [-0.25, -0.2) is 0 Å². The first-order chi connectivity index (χ1) is 8.81. The second-order valence-corrected chi connectivity index (χ2v) is 3.63. The Morgan fingerprint density at radius 1 is 1.28 bits per heavy atom. The lowest BCUT2D eigenvalue weighted by Crippen LogP contribution is -2.29. The van der Waals surface area contributed by atoms with Gasteiger partial charge in [0, 0.05) is 32.9 Å². The standard InChI is InChI=1S/C14H19NO3/c1-4-9-18-13-8-6-5-7-12(13)10-15-11-14(16-2)17-3/h1,5-8,14-15H,9-11H2,2-3H3. The van der Waals surface area contributed by atoms with E-state index >= 15 is 0 Å². The average Bonchev–Trinajstić information content (AvgIpc) is 2.42. The second-order valence-electron chi connectivity index (χ2n) is 3.63. The van der Waals surface area contributed by atoms with E-state index in [2.05, 4.69) is 11.2 Å². The van der Waals surface area contributed by atoms with Crippen LogP contribution >= 0.6 is 0 Å². The summed E-state index contributed by atoms with van der Waals surface area (Å²) in [5.41, 5.74) is 1.05. The molecule has 0 radical (unpaired) electrons. The van der Waals surface area contributed by atoms with Crippen molar-refractivity contribution in [3.05, 3.63) is 29.8 Å². The van der Waals surface area contributed by atoms with Crippen LogP contribution in [0.5, 0.6) is 5.75 Å². The molecule has 0 atom stereocenters. The lowest BCUT2D eigenvalue weighted by Gasteiger charge is -2.15. The molecule has 0 spiro atoms. The predicted octanol–water partition coefficient (Wildman–Crippen LogP) is 1.41. The van der Waals surface area contributed by atoms with Gasteiger partial charge in [0.25, 0.3) is 0 Å². The van der Waals surface area contributed by atoms with Crippen molar-refractivity contribution < 1.29 is 14.2 Å². The van der Waals surface area contributed by atoms with Crippen LogP contribution < -0.4 is 10.1 Å². The van der Waals surface area contributed by atoms with Crippen LogP contribution in [-0.2, 0) is 16.0 Å². The zero-order valence-electron chi connectivity index (χ0n) is 10.8. The zero-order valence-corrected chi connectivity index (χ0v) is 10.8. The molecule has 1 N–H and O–H groups in total. The third kappa shape index (κ3) is 4.76. The molecule has 0 aromatic heterocycles. The first-order valence-electron chi connectivity index (χ1n) is 5.72. The van der Waals surface area contributed by atoms with E-state index in [1.165, 1.54) is 0 Å². The Kier molecular flexibility index (Phi) is 6.89. The topological polar surface area (TPSA) is 39.7 Å². The number of methoxy groups -OCH3 is 2. The SMILES string of the molecule is C#CCOc1ccccc1CNCC(OC)OC. The maximum absolute atomic E-state index is 5.46. The highest BCUT2D eigenvalue weighted by Gasteiger charge is 2.06. The molecule has 0 aliphatic rings. The molecule has 4 heteroatoms. The van der Waals surface area contributed by atoms with Crippen LogP contribution in [-0.4, -0.2) is 33.7 Å². The molecule has 98 valence electrons. The summed E-state index contributed by atoms with van der Waals surface area (Å²) in [5.74, 6) is 3.25. The van der Waals surface area contributed by atoms with Gasteiger partial charge in [-0.3, -0.25) is 0 Å². The van der Waals surface area contributed by atoms with E-state index in [4.69, 9.17) is 20.6 Å². The first kappa shape index (κ1) is 14.5. The molecule has 1 aromatic carbocycles. The van der Waals surface area contributed by atoms with Gasteiger partial charge in [-0.05, 0) is 6.07 Å². The van der Waals surface area contributed by atoms with Crippen LogP contribution in [0.2, 0.25) is 0 Å². The first-order valence-corrected chi connectivity index (χ1v) is 5.72. The van der Waals surface area contributed by atoms with Crippen LogP contribution in [0, 0.1) is 12.3 Å². The minimum absolute atomic E-state index is 0.246. The van der Waals surface area contributed by atoms with E-state index in [0.717, 1.165) is 11.3 Å². The summed E-state index contributed by atoms with van der Waals surface area (Å²) in [6.07, 6.45) is 4.93. The summed E-state index contributed by atoms with van der Waals surface area (Å²) >= 11 is 0. The highest BCUT2D eigenvalue weighted by molar-refractivity contribution is 5.33. The van der Waals surface area contributed by atoms with Crippen molar-refractivity contribution >= 4 is 0 Å². The fourth-order valence-electron chi connectivity index (χ4n) is 1.50. The van der Waals surface area contributed by atoms with Crippen LogP contribution in [0.15, 0.2) is 24.3 Å². The van der Waals surface area contributed by atoms with Crippen LogP contribution in [0.1, 0.15) is 5.56 Å². The van der Waals surface area contributed by atoms with E-state index in [9.17, 15) is 0 Å². The highest BCUT2D eigenvalue weighted by Crippen LogP contribution is 2.17. The monoisotopic (exact) mass is 249 g/mol. The van der Waals surface area contributed by atoms with E-state index in [-0.39, 0.29) is 12.9 Å². The lowest BCUT2D eigenvalue weighted by molar-refractivity contribution is -0.0989. The van der Waals surface area contributed by atoms with Crippen molar-refractivity contribution in [2.75, 3.05) is 27.4 Å². The molecule has 0 saturated heterocycles. The van der Waals surface area contributed by atoms with Crippen LogP contribution in [0.3, 0.4) is 0 Å². The number of rotatable bonds is 8. The van der Waals surface area contributed by atoms with E-state index < -0.39 is 0 Å². The minimum Gasteiger partial charge on any atom is -0.481 e. The fraction of sp³-hybridized carbons (Fsp3) is 0.429. The Morgan fingerprint density at radius 2 is 2.00 bits per heavy atom. The average molecular weight is 249 g/mol. The summed E-state index contributed by atoms with van der Waals surface area (Å²) in [7, 11) is 3.22. The Bertz CT molecular complexity index is 383. The van der Waals surface area contributed by atoms with E-state index in [1.807, 2.05) is 24.3 Å². The molecular weight excluding hydrogens is 230 g/mol. The van der Waals surface area contributed by atoms with Crippen LogP contribution in [0.25, 0.3) is 0 Å². The third-order valence-corrected chi connectivity index (χ3v) is 2.44. The van der Waals surface area contributed by atoms with Gasteiger partial charge < -0.3 is 19.5 Å². The largest absolute Gasteiger partial charge is 0.481 e. The molecule has 1 aromatic rings. The minimum atomic E-state index is -0.246. The molecular formula is C14H19NO3. The molecule has 1 rings (SSSR count). The Morgan fingerprint density at radius 3 is 2.67 bits per heavy atom. The summed E-state index contributed by atoms with van der Waals surface area (Å²) in [5, 5.41) is 3.24. The molecule has 0 unspecified atom stereocenters. The maximum atomic E-state index is 5.46. The Balaban J connectivity index is 2.48. The fourth-order valence-corrected chi connectivity index (χ4v) is 1.50. The molecule has 0 heterocycles. The summed E-state index contributed by atoms with van der Waals surface area (Å²) < 4.78 is 15.6. The predicted molar refractivity (Wildman–Crippen MR) is 70.3 cm³/mol. The quantitative estimate of drug-likeness (QED) is 0.558. The van der Waals surface area contributed by atoms with Gasteiger partial charge in [-0.15, -0.1) is 6.42 Å². The van der Waals surface area contributed by atoms with Crippen molar-refractivity contribution in [1.29, 1.82) is 0 Å². The van der Waals surface area contributed by atoms with Crippen molar-refractivity contribution in [2.24, 2.45) is 0 Å². The van der Waals surface area contributed by atoms with Gasteiger partial charge in [-0.2, -0.15) is 0 Å². The number of terminal acetylenes is 1. The lowest BCUT2D eigenvalue weighted by atomic mass is 10.2. The molecule has 18 heavy (non-hydrogen) atoms. The van der Waals surface area contributed by atoms with Gasteiger partial charge in [0.05, 0.1) is 0 Å². The molecule has 0 bridgehead atoms. The number of hydrogen-bond acceptors (Lipinski definition) is 4. The van der Waals surface area contributed by atoms with E-state index in [1.54, 1.807) is 14.2 Å². The number of nitrogens with one attached hydrogen (secondary N) is 1. The number of benzene rings is 1. The molecule has 4 nitrogen and oxygen atoms in total. The number of para-hydroxylation sites is 1. The molecule has 0 saturated carbocycles. The number of hydrogen-bond donors (Lipinski definition) is 1. The van der Waals surface area contributed by atoms with Gasteiger partial charge in [0.1, 0.15) is 12.4 Å². The maximum Gasteiger partial charge on any atom is 0.169 e. The van der Waals surface area contributed by atoms with Gasteiger partial charge in [-0.1, -0.05) is 24.1 Å². The zero-order chi connectivity index (χ0) is 13.2. The summed E-state index contributed by atoms with van der Waals surface area (Å²) in [6, 6.07) is 7.78. The number of ether oxygens (including phenoxy) is 3. The Labute approximate surface area is 108 Å². The van der Waals surface area contributed by atoms with Crippen molar-refractivity contribution in [3.63, 3.8) is 0 Å². The molecule has 0 aliphatic carbocycles. The molecule has 0 fully saturated rings. The smallest absolute Gasteiger partial charge is 0.169 e. The highest BCUT2D eigenvalue weighted by atomic mass is 16.7. The van der Waals surface area contributed by atoms with Crippen molar-refractivity contribution in [2.45, 2.75) is 12.8 Å². The molecule has 0 amide bonds. The third-order valence-electron chi connectivity index (χ3n) is 2.44. The normalized spacial score (nSPS) is 10.3. The Hall–Kier alpha value is -1.54. The molecule has 0 aliphatic heterocycles. The summed E-state index contributed by atoms with van der Waals surface area (Å²) in [6.45, 7) is 1.55. The van der Waals surface area contributed by atoms with Gasteiger partial charge in [0.15, 0.2) is 6.29 Å². The van der Waals surface area contributed by atoms with Crippen molar-refractivity contribution in [3.8, 4) is 18.1 Å². The second kappa shape index (κ2) is 8.54. The van der Waals surface area contributed by atoms with Crippen molar-refractivity contribution in [1.82, 2.24) is 5.32 Å².